The minimum absolute atomic E-state index is 0.0157. The van der Waals surface area contributed by atoms with Crippen molar-refractivity contribution in [1.82, 2.24) is 15.6 Å². The van der Waals surface area contributed by atoms with E-state index in [0.717, 1.165) is 25.9 Å². The number of rotatable bonds is 6. The molecule has 1 amide bonds. The Bertz CT molecular complexity index is 1030. The minimum Gasteiger partial charge on any atom is -0.356 e. The van der Waals surface area contributed by atoms with Gasteiger partial charge >= 0.3 is 0 Å². The molecule has 1 fully saturated rings. The van der Waals surface area contributed by atoms with E-state index < -0.39 is 0 Å². The Morgan fingerprint density at radius 2 is 2.00 bits per heavy atom. The summed E-state index contributed by atoms with van der Waals surface area (Å²) in [6.07, 6.45) is 5.83. The number of hydrogen-bond acceptors (Lipinski definition) is 3. The Morgan fingerprint density at radius 3 is 2.77 bits per heavy atom. The highest BCUT2D eigenvalue weighted by molar-refractivity contribution is 5.73. The van der Waals surface area contributed by atoms with Crippen LogP contribution in [0.15, 0.2) is 67.0 Å². The fourth-order valence-electron chi connectivity index (χ4n) is 4.83. The summed E-state index contributed by atoms with van der Waals surface area (Å²) < 4.78 is 0. The van der Waals surface area contributed by atoms with E-state index in [-0.39, 0.29) is 5.91 Å². The SMILES string of the molecule is CC(=O)NCCc1ccccc1-c1ccc([C@H]2CNCC[C@@H]2c2cccnc2)c(C)c1. The minimum atomic E-state index is 0.0157. The topological polar surface area (TPSA) is 54.0 Å². The number of pyridine rings is 1. The van der Waals surface area contributed by atoms with Crippen molar-refractivity contribution in [2.24, 2.45) is 0 Å². The van der Waals surface area contributed by atoms with Crippen molar-refractivity contribution in [2.75, 3.05) is 19.6 Å². The molecule has 3 aromatic rings. The van der Waals surface area contributed by atoms with Gasteiger partial charge in [0.25, 0.3) is 0 Å². The zero-order valence-corrected chi connectivity index (χ0v) is 18.4. The summed E-state index contributed by atoms with van der Waals surface area (Å²) in [5, 5.41) is 6.50. The predicted molar refractivity (Wildman–Crippen MR) is 126 cm³/mol. The van der Waals surface area contributed by atoms with Crippen LogP contribution >= 0.6 is 0 Å². The number of hydrogen-bond donors (Lipinski definition) is 2. The molecule has 31 heavy (non-hydrogen) atoms. The second-order valence-corrected chi connectivity index (χ2v) is 8.45. The first kappa shape index (κ1) is 21.3. The van der Waals surface area contributed by atoms with Crippen LogP contribution in [0.2, 0.25) is 0 Å². The van der Waals surface area contributed by atoms with E-state index >= 15 is 0 Å². The van der Waals surface area contributed by atoms with E-state index in [9.17, 15) is 4.79 Å². The molecule has 1 saturated heterocycles. The van der Waals surface area contributed by atoms with Gasteiger partial charge in [0.2, 0.25) is 5.91 Å². The molecule has 0 radical (unpaired) electrons. The van der Waals surface area contributed by atoms with Crippen molar-refractivity contribution in [2.45, 2.75) is 38.5 Å². The number of carbonyl (C=O) groups excluding carboxylic acids is 1. The zero-order valence-electron chi connectivity index (χ0n) is 18.4. The fourth-order valence-corrected chi connectivity index (χ4v) is 4.83. The van der Waals surface area contributed by atoms with Crippen LogP contribution in [-0.4, -0.2) is 30.5 Å². The number of carbonyl (C=O) groups is 1. The van der Waals surface area contributed by atoms with E-state index in [0.29, 0.717) is 18.4 Å². The summed E-state index contributed by atoms with van der Waals surface area (Å²) in [6, 6.07) is 19.6. The maximum atomic E-state index is 11.2. The summed E-state index contributed by atoms with van der Waals surface area (Å²) >= 11 is 0. The molecule has 0 bridgehead atoms. The van der Waals surface area contributed by atoms with E-state index in [2.05, 4.69) is 71.1 Å². The molecule has 1 aliphatic heterocycles. The Hall–Kier alpha value is -2.98. The summed E-state index contributed by atoms with van der Waals surface area (Å²) in [7, 11) is 0. The van der Waals surface area contributed by atoms with E-state index in [1.165, 1.54) is 33.4 Å². The lowest BCUT2D eigenvalue weighted by molar-refractivity contribution is -0.118. The Balaban J connectivity index is 1.61. The number of piperidine rings is 1. The van der Waals surface area contributed by atoms with Crippen LogP contribution in [0.4, 0.5) is 0 Å². The summed E-state index contributed by atoms with van der Waals surface area (Å²) in [5.41, 5.74) is 7.82. The predicted octanol–water partition coefficient (Wildman–Crippen LogP) is 4.60. The van der Waals surface area contributed by atoms with Gasteiger partial charge in [-0.2, -0.15) is 0 Å². The smallest absolute Gasteiger partial charge is 0.216 e. The highest BCUT2D eigenvalue weighted by atomic mass is 16.1. The van der Waals surface area contributed by atoms with Gasteiger partial charge in [0.05, 0.1) is 0 Å². The second kappa shape index (κ2) is 9.88. The Morgan fingerprint density at radius 1 is 1.13 bits per heavy atom. The van der Waals surface area contributed by atoms with Crippen LogP contribution in [-0.2, 0) is 11.2 Å². The van der Waals surface area contributed by atoms with Gasteiger partial charge in [-0.25, -0.2) is 0 Å². The molecular formula is C27H31N3O. The molecule has 0 aliphatic carbocycles. The highest BCUT2D eigenvalue weighted by Gasteiger charge is 2.29. The number of nitrogens with zero attached hydrogens (tertiary/aromatic N) is 1. The van der Waals surface area contributed by atoms with Crippen LogP contribution in [0.3, 0.4) is 0 Å². The second-order valence-electron chi connectivity index (χ2n) is 8.45. The first-order chi connectivity index (χ1) is 15.1. The van der Waals surface area contributed by atoms with Crippen LogP contribution in [0.25, 0.3) is 11.1 Å². The van der Waals surface area contributed by atoms with Crippen LogP contribution in [0.5, 0.6) is 0 Å². The molecule has 4 rings (SSSR count). The number of benzene rings is 2. The van der Waals surface area contributed by atoms with E-state index in [4.69, 9.17) is 0 Å². The quantitative estimate of drug-likeness (QED) is 0.621. The van der Waals surface area contributed by atoms with Crippen molar-refractivity contribution in [3.63, 3.8) is 0 Å². The van der Waals surface area contributed by atoms with Gasteiger partial charge in [0, 0.05) is 38.3 Å². The van der Waals surface area contributed by atoms with Gasteiger partial charge in [-0.3, -0.25) is 9.78 Å². The first-order valence-electron chi connectivity index (χ1n) is 11.2. The van der Waals surface area contributed by atoms with Crippen LogP contribution in [0.1, 0.15) is 47.4 Å². The summed E-state index contributed by atoms with van der Waals surface area (Å²) in [6.45, 7) is 6.49. The first-order valence-corrected chi connectivity index (χ1v) is 11.2. The van der Waals surface area contributed by atoms with Gasteiger partial charge in [-0.05, 0) is 71.7 Å². The third-order valence-corrected chi connectivity index (χ3v) is 6.36. The van der Waals surface area contributed by atoms with Crippen molar-refractivity contribution in [3.05, 3.63) is 89.2 Å². The molecule has 2 heterocycles. The van der Waals surface area contributed by atoms with Crippen LogP contribution < -0.4 is 10.6 Å². The number of nitrogens with one attached hydrogen (secondary N) is 2. The van der Waals surface area contributed by atoms with E-state index in [1.54, 1.807) is 6.92 Å². The largest absolute Gasteiger partial charge is 0.356 e. The molecule has 2 atom stereocenters. The maximum Gasteiger partial charge on any atom is 0.216 e. The lowest BCUT2D eigenvalue weighted by atomic mass is 9.76. The number of aryl methyl sites for hydroxylation is 1. The lowest BCUT2D eigenvalue weighted by Gasteiger charge is -2.34. The molecular weight excluding hydrogens is 382 g/mol. The normalized spacial score (nSPS) is 18.5. The molecule has 1 aromatic heterocycles. The molecule has 0 saturated carbocycles. The molecule has 160 valence electrons. The van der Waals surface area contributed by atoms with Gasteiger partial charge in [-0.15, -0.1) is 0 Å². The van der Waals surface area contributed by atoms with Crippen LogP contribution in [0, 0.1) is 6.92 Å². The average molecular weight is 414 g/mol. The van der Waals surface area contributed by atoms with Gasteiger partial charge < -0.3 is 10.6 Å². The van der Waals surface area contributed by atoms with Crippen molar-refractivity contribution in [3.8, 4) is 11.1 Å². The monoisotopic (exact) mass is 413 g/mol. The molecule has 1 aliphatic rings. The molecule has 4 heteroatoms. The van der Waals surface area contributed by atoms with Gasteiger partial charge in [-0.1, -0.05) is 48.5 Å². The molecule has 4 nitrogen and oxygen atoms in total. The van der Waals surface area contributed by atoms with Crippen molar-refractivity contribution in [1.29, 1.82) is 0 Å². The van der Waals surface area contributed by atoms with Gasteiger partial charge in [0.1, 0.15) is 0 Å². The Kier molecular flexibility index (Phi) is 6.78. The fraction of sp³-hybridized carbons (Fsp3) is 0.333. The van der Waals surface area contributed by atoms with Crippen molar-refractivity contribution < 1.29 is 4.79 Å². The molecule has 0 unspecified atom stereocenters. The molecule has 0 spiro atoms. The van der Waals surface area contributed by atoms with Gasteiger partial charge in [0.15, 0.2) is 0 Å². The standard InChI is InChI=1S/C27H31N3O/c1-19-16-22(25-8-4-3-6-21(25)11-15-30-20(2)31)9-10-24(19)27-18-29-14-12-26(27)23-7-5-13-28-17-23/h3-10,13,16-17,26-27,29H,11-12,14-15,18H2,1-2H3,(H,30,31)/t26-,27-/m1/s1. The summed E-state index contributed by atoms with van der Waals surface area (Å²) in [4.78, 5) is 15.6. The van der Waals surface area contributed by atoms with Crippen molar-refractivity contribution >= 4 is 5.91 Å². The lowest BCUT2D eigenvalue weighted by Crippen LogP contribution is -2.34. The maximum absolute atomic E-state index is 11.2. The van der Waals surface area contributed by atoms with E-state index in [1.807, 2.05) is 18.5 Å². The Labute approximate surface area is 185 Å². The molecule has 2 aromatic carbocycles. The summed E-state index contributed by atoms with van der Waals surface area (Å²) in [5.74, 6) is 0.952. The average Bonchev–Trinajstić information content (AvgIpc) is 2.80. The highest BCUT2D eigenvalue weighted by Crippen LogP contribution is 2.39. The zero-order chi connectivity index (χ0) is 21.6. The third kappa shape index (κ3) is 5.02. The number of amides is 1. The number of aromatic nitrogens is 1. The third-order valence-electron chi connectivity index (χ3n) is 6.36. The molecule has 2 N–H and O–H groups in total.